The molecule has 0 spiro atoms. The van der Waals surface area contributed by atoms with Gasteiger partial charge in [-0.15, -0.1) is 0 Å². The molecule has 21 heavy (non-hydrogen) atoms. The maximum atomic E-state index is 5.99. The minimum absolute atomic E-state index is 0.119. The van der Waals surface area contributed by atoms with E-state index in [0.29, 0.717) is 6.61 Å². The second-order valence-corrected chi connectivity index (χ2v) is 5.17. The molecule has 0 aliphatic carbocycles. The van der Waals surface area contributed by atoms with Gasteiger partial charge in [0.15, 0.2) is 0 Å². The van der Waals surface area contributed by atoms with Crippen molar-refractivity contribution in [2.75, 3.05) is 6.61 Å². The average Bonchev–Trinajstić information content (AvgIpc) is 2.86. The van der Waals surface area contributed by atoms with Gasteiger partial charge in [0.05, 0.1) is 5.92 Å². The highest BCUT2D eigenvalue weighted by Gasteiger charge is 2.37. The molecule has 1 heterocycles. The highest BCUT2D eigenvalue weighted by Crippen LogP contribution is 2.44. The number of hydrogen-bond donors (Lipinski definition) is 0. The van der Waals surface area contributed by atoms with Crippen LogP contribution in [0.4, 0.5) is 0 Å². The van der Waals surface area contributed by atoms with Crippen LogP contribution in [0.25, 0.3) is 5.57 Å². The van der Waals surface area contributed by atoms with E-state index in [0.717, 1.165) is 5.76 Å². The van der Waals surface area contributed by atoms with Gasteiger partial charge in [0.2, 0.25) is 6.29 Å². The first kappa shape index (κ1) is 13.9. The van der Waals surface area contributed by atoms with Crippen molar-refractivity contribution in [2.45, 2.75) is 26.1 Å². The Morgan fingerprint density at radius 2 is 1.57 bits per heavy atom. The summed E-state index contributed by atoms with van der Waals surface area (Å²) in [7, 11) is 0. The largest absolute Gasteiger partial charge is 0.468 e. The number of allylic oxidation sites excluding steroid dienone is 1. The van der Waals surface area contributed by atoms with Crippen molar-refractivity contribution in [3.05, 3.63) is 77.5 Å². The first-order chi connectivity index (χ1) is 10.3. The maximum Gasteiger partial charge on any atom is 0.210 e. The van der Waals surface area contributed by atoms with Gasteiger partial charge in [-0.3, -0.25) is 0 Å². The lowest BCUT2D eigenvalue weighted by molar-refractivity contribution is -0.104. The standard InChI is InChI=1S/C19H20O2/c1-3-20-19-18(16-12-8-5-9-13-16)17(14(2)21-19)15-10-6-4-7-11-15/h4-13,18-19H,3H2,1-2H3. The highest BCUT2D eigenvalue weighted by molar-refractivity contribution is 5.75. The van der Waals surface area contributed by atoms with Crippen molar-refractivity contribution in [1.29, 1.82) is 0 Å². The average molecular weight is 280 g/mol. The molecule has 0 aromatic heterocycles. The summed E-state index contributed by atoms with van der Waals surface area (Å²) in [5, 5.41) is 0. The lowest BCUT2D eigenvalue weighted by Crippen LogP contribution is -2.20. The molecule has 1 aliphatic heterocycles. The molecule has 2 atom stereocenters. The van der Waals surface area contributed by atoms with Gasteiger partial charge in [0.25, 0.3) is 0 Å². The van der Waals surface area contributed by atoms with Crippen molar-refractivity contribution in [2.24, 2.45) is 0 Å². The van der Waals surface area contributed by atoms with E-state index in [1.54, 1.807) is 0 Å². The van der Waals surface area contributed by atoms with E-state index in [2.05, 4.69) is 48.5 Å². The summed E-state index contributed by atoms with van der Waals surface area (Å²) in [5.41, 5.74) is 3.65. The molecule has 0 N–H and O–H groups in total. The zero-order valence-corrected chi connectivity index (χ0v) is 12.5. The third-order valence-corrected chi connectivity index (χ3v) is 3.83. The first-order valence-electron chi connectivity index (χ1n) is 7.40. The summed E-state index contributed by atoms with van der Waals surface area (Å²) in [6.07, 6.45) is -0.243. The molecule has 2 unspecified atom stereocenters. The van der Waals surface area contributed by atoms with Gasteiger partial charge < -0.3 is 9.47 Å². The molecular formula is C19H20O2. The molecule has 0 saturated heterocycles. The first-order valence-corrected chi connectivity index (χ1v) is 7.40. The van der Waals surface area contributed by atoms with Crippen LogP contribution in [0.15, 0.2) is 66.4 Å². The molecule has 108 valence electrons. The summed E-state index contributed by atoms with van der Waals surface area (Å²) in [6.45, 7) is 4.67. The minimum Gasteiger partial charge on any atom is -0.468 e. The molecule has 0 amide bonds. The van der Waals surface area contributed by atoms with Crippen LogP contribution in [0.1, 0.15) is 30.9 Å². The fourth-order valence-corrected chi connectivity index (χ4v) is 2.94. The number of rotatable bonds is 4. The predicted molar refractivity (Wildman–Crippen MR) is 84.7 cm³/mol. The van der Waals surface area contributed by atoms with E-state index in [9.17, 15) is 0 Å². The second-order valence-electron chi connectivity index (χ2n) is 5.17. The SMILES string of the molecule is CCOC1OC(C)=C(c2ccccc2)C1c1ccccc1. The van der Waals surface area contributed by atoms with Crippen LogP contribution in [-0.2, 0) is 9.47 Å². The molecule has 2 aromatic rings. The van der Waals surface area contributed by atoms with Crippen molar-refractivity contribution in [3.8, 4) is 0 Å². The Labute approximate surface area is 126 Å². The van der Waals surface area contributed by atoms with Crippen molar-refractivity contribution >= 4 is 5.57 Å². The summed E-state index contributed by atoms with van der Waals surface area (Å²) >= 11 is 0. The Balaban J connectivity index is 2.05. The van der Waals surface area contributed by atoms with Crippen LogP contribution in [0.5, 0.6) is 0 Å². The Kier molecular flexibility index (Phi) is 4.07. The Morgan fingerprint density at radius 3 is 2.19 bits per heavy atom. The number of benzene rings is 2. The second kappa shape index (κ2) is 6.15. The molecule has 0 saturated carbocycles. The summed E-state index contributed by atoms with van der Waals surface area (Å²) in [4.78, 5) is 0. The van der Waals surface area contributed by atoms with Gasteiger partial charge in [0.1, 0.15) is 5.76 Å². The third-order valence-electron chi connectivity index (χ3n) is 3.83. The quantitative estimate of drug-likeness (QED) is 0.815. The smallest absolute Gasteiger partial charge is 0.210 e. The summed E-state index contributed by atoms with van der Waals surface area (Å²) in [6, 6.07) is 20.9. The molecular weight excluding hydrogens is 260 g/mol. The molecule has 0 bridgehead atoms. The third kappa shape index (κ3) is 2.72. The Morgan fingerprint density at radius 1 is 0.952 bits per heavy atom. The van der Waals surface area contributed by atoms with E-state index >= 15 is 0 Å². The topological polar surface area (TPSA) is 18.5 Å². The fourth-order valence-electron chi connectivity index (χ4n) is 2.94. The fraction of sp³-hybridized carbons (Fsp3) is 0.263. The summed E-state index contributed by atoms with van der Waals surface area (Å²) < 4.78 is 11.8. The van der Waals surface area contributed by atoms with Crippen molar-refractivity contribution in [1.82, 2.24) is 0 Å². The minimum atomic E-state index is -0.243. The van der Waals surface area contributed by atoms with Crippen LogP contribution in [0, 0.1) is 0 Å². The zero-order valence-electron chi connectivity index (χ0n) is 12.5. The molecule has 1 aliphatic rings. The monoisotopic (exact) mass is 280 g/mol. The van der Waals surface area contributed by atoms with Gasteiger partial charge >= 0.3 is 0 Å². The lowest BCUT2D eigenvalue weighted by atomic mass is 9.87. The van der Waals surface area contributed by atoms with Gasteiger partial charge in [0, 0.05) is 12.2 Å². The molecule has 2 nitrogen and oxygen atoms in total. The number of hydrogen-bond acceptors (Lipinski definition) is 2. The van der Waals surface area contributed by atoms with Crippen LogP contribution < -0.4 is 0 Å². The molecule has 2 heteroatoms. The van der Waals surface area contributed by atoms with E-state index < -0.39 is 0 Å². The molecule has 0 fully saturated rings. The van der Waals surface area contributed by atoms with Crippen molar-refractivity contribution in [3.63, 3.8) is 0 Å². The van der Waals surface area contributed by atoms with Crippen LogP contribution in [0.2, 0.25) is 0 Å². The lowest BCUT2D eigenvalue weighted by Gasteiger charge is -2.21. The van der Waals surface area contributed by atoms with Crippen LogP contribution in [0.3, 0.4) is 0 Å². The van der Waals surface area contributed by atoms with E-state index in [1.807, 2.05) is 26.0 Å². The highest BCUT2D eigenvalue weighted by atomic mass is 16.7. The Bertz CT molecular complexity index is 617. The molecule has 3 rings (SSSR count). The van der Waals surface area contributed by atoms with Gasteiger partial charge in [-0.25, -0.2) is 0 Å². The normalized spacial score (nSPS) is 21.4. The zero-order chi connectivity index (χ0) is 14.7. The molecule has 2 aromatic carbocycles. The van der Waals surface area contributed by atoms with Gasteiger partial charge in [-0.2, -0.15) is 0 Å². The van der Waals surface area contributed by atoms with Gasteiger partial charge in [-0.1, -0.05) is 60.7 Å². The Hall–Kier alpha value is -2.06. The van der Waals surface area contributed by atoms with Gasteiger partial charge in [-0.05, 0) is 25.0 Å². The van der Waals surface area contributed by atoms with E-state index in [4.69, 9.17) is 9.47 Å². The predicted octanol–water partition coefficient (Wildman–Crippen LogP) is 4.59. The van der Waals surface area contributed by atoms with Crippen molar-refractivity contribution < 1.29 is 9.47 Å². The van der Waals surface area contributed by atoms with Crippen LogP contribution >= 0.6 is 0 Å². The van der Waals surface area contributed by atoms with E-state index in [1.165, 1.54) is 16.7 Å². The molecule has 0 radical (unpaired) electrons. The number of ether oxygens (including phenoxy) is 2. The van der Waals surface area contributed by atoms with E-state index in [-0.39, 0.29) is 12.2 Å². The summed E-state index contributed by atoms with van der Waals surface area (Å²) in [5.74, 6) is 1.07. The maximum absolute atomic E-state index is 5.99. The van der Waals surface area contributed by atoms with Crippen LogP contribution in [-0.4, -0.2) is 12.9 Å².